The zero-order chi connectivity index (χ0) is 14.9. The molecule has 0 aromatic heterocycles. The van der Waals surface area contributed by atoms with Crippen LogP contribution in [0.15, 0.2) is 36.3 Å². The summed E-state index contributed by atoms with van der Waals surface area (Å²) in [7, 11) is 0. The average Bonchev–Trinajstić information content (AvgIpc) is 2.32. The molecule has 0 amide bonds. The molecule has 0 atom stereocenters. The van der Waals surface area contributed by atoms with Crippen LogP contribution in [0.3, 0.4) is 0 Å². The molecule has 1 rings (SSSR count). The van der Waals surface area contributed by atoms with Gasteiger partial charge in [-0.25, -0.2) is 0 Å². The summed E-state index contributed by atoms with van der Waals surface area (Å²) in [5.41, 5.74) is 6.15. The van der Waals surface area contributed by atoms with E-state index in [1.165, 1.54) is 19.5 Å². The Hall–Kier alpha value is -1.22. The van der Waals surface area contributed by atoms with Crippen LogP contribution in [0, 0.1) is 0 Å². The monoisotopic (exact) mass is 266 g/mol. The third-order valence-corrected chi connectivity index (χ3v) is 2.66. The lowest BCUT2D eigenvalue weighted by molar-refractivity contribution is -0.00754. The minimum Gasteiger partial charge on any atom is -0.487 e. The van der Waals surface area contributed by atoms with Crippen LogP contribution in [0.25, 0.3) is 0 Å². The van der Waals surface area contributed by atoms with Gasteiger partial charge in [0.25, 0.3) is 0 Å². The normalized spacial score (nSPS) is 17.1. The predicted octanol–water partition coefficient (Wildman–Crippen LogP) is 3.45. The van der Waals surface area contributed by atoms with Gasteiger partial charge in [-0.1, -0.05) is 20.4 Å². The van der Waals surface area contributed by atoms with Gasteiger partial charge in [0.2, 0.25) is 0 Å². The molecular formula is C16H30N2O. The third-order valence-electron chi connectivity index (χ3n) is 2.66. The first kappa shape index (κ1) is 17.8. The Labute approximate surface area is 118 Å². The summed E-state index contributed by atoms with van der Waals surface area (Å²) in [5.74, 6) is 0.764. The Morgan fingerprint density at radius 2 is 1.89 bits per heavy atom. The maximum Gasteiger partial charge on any atom is 0.119 e. The standard InChI is InChI=1S/C14H24N2O.C2H6/c1-5-13(8-7-12(2)15)17-14(3,4)11-16-9-6-10-16;1-2/h5,7-8H,1,6,9-11,15H2,2-4H3;1-2H3/b12-7+,13-8+;. The summed E-state index contributed by atoms with van der Waals surface area (Å²) < 4.78 is 5.95. The number of allylic oxidation sites excluding steroid dienone is 4. The van der Waals surface area contributed by atoms with Gasteiger partial charge in [0.1, 0.15) is 11.4 Å². The number of hydrogen-bond donors (Lipinski definition) is 1. The van der Waals surface area contributed by atoms with E-state index < -0.39 is 0 Å². The minimum absolute atomic E-state index is 0.198. The summed E-state index contributed by atoms with van der Waals surface area (Å²) in [6.45, 7) is 17.1. The largest absolute Gasteiger partial charge is 0.487 e. The van der Waals surface area contributed by atoms with Crippen LogP contribution in [0.2, 0.25) is 0 Å². The van der Waals surface area contributed by atoms with E-state index in [1.807, 2.05) is 32.9 Å². The summed E-state index contributed by atoms with van der Waals surface area (Å²) in [4.78, 5) is 2.39. The Bertz CT molecular complexity index is 322. The lowest BCUT2D eigenvalue weighted by atomic mass is 10.1. The molecule has 0 aromatic rings. The SMILES string of the molecule is C=C/C(=C\C=C(/C)N)OC(C)(C)CN1CCC1.CC. The van der Waals surface area contributed by atoms with Crippen molar-refractivity contribution in [2.24, 2.45) is 5.73 Å². The smallest absolute Gasteiger partial charge is 0.119 e. The van der Waals surface area contributed by atoms with Crippen molar-refractivity contribution in [3.8, 4) is 0 Å². The van der Waals surface area contributed by atoms with E-state index in [4.69, 9.17) is 10.5 Å². The highest BCUT2D eigenvalue weighted by Crippen LogP contribution is 2.20. The Balaban J connectivity index is 0.00000154. The summed E-state index contributed by atoms with van der Waals surface area (Å²) in [6, 6.07) is 0. The number of nitrogens with zero attached hydrogens (tertiary/aromatic N) is 1. The molecule has 110 valence electrons. The number of likely N-dealkylation sites (tertiary alicyclic amines) is 1. The van der Waals surface area contributed by atoms with Crippen LogP contribution < -0.4 is 5.73 Å². The van der Waals surface area contributed by atoms with E-state index in [0.29, 0.717) is 0 Å². The molecule has 3 heteroatoms. The third kappa shape index (κ3) is 7.73. The zero-order valence-corrected chi connectivity index (χ0v) is 13.2. The van der Waals surface area contributed by atoms with E-state index in [9.17, 15) is 0 Å². The molecule has 1 aliphatic heterocycles. The Morgan fingerprint density at radius 1 is 1.32 bits per heavy atom. The zero-order valence-electron chi connectivity index (χ0n) is 13.2. The Morgan fingerprint density at radius 3 is 2.26 bits per heavy atom. The fourth-order valence-electron chi connectivity index (χ4n) is 1.79. The second-order valence-corrected chi connectivity index (χ2v) is 5.18. The quantitative estimate of drug-likeness (QED) is 0.591. The molecule has 1 aliphatic rings. The second kappa shape index (κ2) is 8.81. The highest BCUT2D eigenvalue weighted by molar-refractivity contribution is 5.19. The van der Waals surface area contributed by atoms with Crippen LogP contribution in [0.1, 0.15) is 41.0 Å². The number of nitrogens with two attached hydrogens (primary N) is 1. The van der Waals surface area contributed by atoms with Gasteiger partial charge in [-0.05, 0) is 58.5 Å². The van der Waals surface area contributed by atoms with Crippen molar-refractivity contribution in [1.29, 1.82) is 0 Å². The molecule has 0 aromatic carbocycles. The van der Waals surface area contributed by atoms with Gasteiger partial charge < -0.3 is 10.5 Å². The summed E-state index contributed by atoms with van der Waals surface area (Å²) >= 11 is 0. The summed E-state index contributed by atoms with van der Waals surface area (Å²) in [6.07, 6.45) is 6.71. The molecule has 2 N–H and O–H groups in total. The number of hydrogen-bond acceptors (Lipinski definition) is 3. The van der Waals surface area contributed by atoms with Crippen molar-refractivity contribution >= 4 is 0 Å². The van der Waals surface area contributed by atoms with Crippen molar-refractivity contribution < 1.29 is 4.74 Å². The van der Waals surface area contributed by atoms with Crippen LogP contribution >= 0.6 is 0 Å². The first-order valence-corrected chi connectivity index (χ1v) is 7.11. The van der Waals surface area contributed by atoms with Gasteiger partial charge in [0.05, 0.1) is 0 Å². The minimum atomic E-state index is -0.198. The van der Waals surface area contributed by atoms with Crippen LogP contribution in [-0.4, -0.2) is 30.1 Å². The van der Waals surface area contributed by atoms with Gasteiger partial charge in [0.15, 0.2) is 0 Å². The van der Waals surface area contributed by atoms with Crippen LogP contribution in [-0.2, 0) is 4.74 Å². The topological polar surface area (TPSA) is 38.5 Å². The van der Waals surface area contributed by atoms with E-state index >= 15 is 0 Å². The highest BCUT2D eigenvalue weighted by atomic mass is 16.5. The van der Waals surface area contributed by atoms with Crippen molar-refractivity contribution in [3.05, 3.63) is 36.3 Å². The molecule has 1 heterocycles. The average molecular weight is 266 g/mol. The maximum absolute atomic E-state index is 5.95. The molecule has 3 nitrogen and oxygen atoms in total. The van der Waals surface area contributed by atoms with Gasteiger partial charge in [-0.15, -0.1) is 0 Å². The van der Waals surface area contributed by atoms with Crippen molar-refractivity contribution in [3.63, 3.8) is 0 Å². The molecule has 0 spiro atoms. The molecule has 0 saturated carbocycles. The van der Waals surface area contributed by atoms with E-state index in [0.717, 1.165) is 18.0 Å². The molecule has 19 heavy (non-hydrogen) atoms. The lowest BCUT2D eigenvalue weighted by Gasteiger charge is -2.38. The summed E-state index contributed by atoms with van der Waals surface area (Å²) in [5, 5.41) is 0. The van der Waals surface area contributed by atoms with Crippen LogP contribution in [0.4, 0.5) is 0 Å². The molecule has 0 radical (unpaired) electrons. The second-order valence-electron chi connectivity index (χ2n) is 5.18. The molecule has 1 fully saturated rings. The first-order chi connectivity index (χ1) is 8.93. The van der Waals surface area contributed by atoms with Crippen molar-refractivity contribution in [2.75, 3.05) is 19.6 Å². The van der Waals surface area contributed by atoms with E-state index in [-0.39, 0.29) is 5.60 Å². The lowest BCUT2D eigenvalue weighted by Crippen LogP contribution is -2.47. The molecule has 1 saturated heterocycles. The fourth-order valence-corrected chi connectivity index (χ4v) is 1.79. The Kier molecular flexibility index (Phi) is 8.24. The first-order valence-electron chi connectivity index (χ1n) is 7.11. The number of rotatable bonds is 6. The molecule has 0 unspecified atom stereocenters. The van der Waals surface area contributed by atoms with Gasteiger partial charge in [-0.2, -0.15) is 0 Å². The predicted molar refractivity (Wildman–Crippen MR) is 83.8 cm³/mol. The van der Waals surface area contributed by atoms with E-state index in [2.05, 4.69) is 25.3 Å². The van der Waals surface area contributed by atoms with Crippen molar-refractivity contribution in [1.82, 2.24) is 4.90 Å². The van der Waals surface area contributed by atoms with Gasteiger partial charge >= 0.3 is 0 Å². The number of ether oxygens (including phenoxy) is 1. The van der Waals surface area contributed by atoms with Gasteiger partial charge in [-0.3, -0.25) is 4.90 Å². The fraction of sp³-hybridized carbons (Fsp3) is 0.625. The van der Waals surface area contributed by atoms with Crippen molar-refractivity contribution in [2.45, 2.75) is 46.6 Å². The van der Waals surface area contributed by atoms with Gasteiger partial charge in [0, 0.05) is 12.2 Å². The molecule has 0 bridgehead atoms. The van der Waals surface area contributed by atoms with E-state index in [1.54, 1.807) is 6.08 Å². The highest BCUT2D eigenvalue weighted by Gasteiger charge is 2.26. The molecular weight excluding hydrogens is 236 g/mol. The maximum atomic E-state index is 5.95. The molecule has 0 aliphatic carbocycles. The van der Waals surface area contributed by atoms with Crippen LogP contribution in [0.5, 0.6) is 0 Å².